The summed E-state index contributed by atoms with van der Waals surface area (Å²) in [5.41, 5.74) is 0.373. The molecule has 0 spiro atoms. The second-order valence-corrected chi connectivity index (χ2v) is 4.33. The standard InChI is InChI=1S/C12H16FN3O/c13-9-6-11(8-14-7-9)16-12(17)15-10-4-2-1-3-5-10/h6-8,10H,1-5H2,(H2,15,16,17). The Bertz CT molecular complexity index is 391. The highest BCUT2D eigenvalue weighted by atomic mass is 19.1. The maximum absolute atomic E-state index is 12.8. The summed E-state index contributed by atoms with van der Waals surface area (Å²) in [6.07, 6.45) is 8.13. The number of nitrogens with zero attached hydrogens (tertiary/aromatic N) is 1. The number of aromatic nitrogens is 1. The minimum absolute atomic E-state index is 0.241. The van der Waals surface area contributed by atoms with E-state index in [1.54, 1.807) is 0 Å². The zero-order chi connectivity index (χ0) is 12.1. The van der Waals surface area contributed by atoms with Gasteiger partial charge < -0.3 is 10.6 Å². The van der Waals surface area contributed by atoms with Gasteiger partial charge in [-0.05, 0) is 12.8 Å². The fourth-order valence-electron chi connectivity index (χ4n) is 2.08. The SMILES string of the molecule is O=C(Nc1cncc(F)c1)NC1CCCCC1. The van der Waals surface area contributed by atoms with Gasteiger partial charge in [-0.25, -0.2) is 9.18 Å². The van der Waals surface area contributed by atoms with E-state index >= 15 is 0 Å². The van der Waals surface area contributed by atoms with Crippen LogP contribution in [-0.4, -0.2) is 17.1 Å². The third-order valence-corrected chi connectivity index (χ3v) is 2.90. The van der Waals surface area contributed by atoms with Crippen molar-refractivity contribution in [3.8, 4) is 0 Å². The van der Waals surface area contributed by atoms with Gasteiger partial charge >= 0.3 is 6.03 Å². The van der Waals surface area contributed by atoms with Crippen LogP contribution in [-0.2, 0) is 0 Å². The van der Waals surface area contributed by atoms with E-state index in [1.165, 1.54) is 18.7 Å². The van der Waals surface area contributed by atoms with Gasteiger partial charge in [-0.1, -0.05) is 19.3 Å². The molecule has 17 heavy (non-hydrogen) atoms. The van der Waals surface area contributed by atoms with Gasteiger partial charge in [0.25, 0.3) is 0 Å². The highest BCUT2D eigenvalue weighted by molar-refractivity contribution is 5.89. The molecule has 0 unspecified atom stereocenters. The molecule has 1 aliphatic rings. The Balaban J connectivity index is 1.84. The van der Waals surface area contributed by atoms with Crippen molar-refractivity contribution in [3.63, 3.8) is 0 Å². The highest BCUT2D eigenvalue weighted by Crippen LogP contribution is 2.17. The first-order valence-corrected chi connectivity index (χ1v) is 5.92. The number of urea groups is 1. The number of carbonyl (C=O) groups excluding carboxylic acids is 1. The minimum Gasteiger partial charge on any atom is -0.335 e. The summed E-state index contributed by atoms with van der Waals surface area (Å²) < 4.78 is 12.8. The first-order chi connectivity index (χ1) is 8.24. The topological polar surface area (TPSA) is 54.0 Å². The number of halogens is 1. The van der Waals surface area contributed by atoms with Crippen LogP contribution in [0.25, 0.3) is 0 Å². The molecule has 92 valence electrons. The van der Waals surface area contributed by atoms with Crippen molar-refractivity contribution in [2.75, 3.05) is 5.32 Å². The van der Waals surface area contributed by atoms with Crippen molar-refractivity contribution >= 4 is 11.7 Å². The number of amides is 2. The number of rotatable bonds is 2. The van der Waals surface area contributed by atoms with Crippen molar-refractivity contribution < 1.29 is 9.18 Å². The lowest BCUT2D eigenvalue weighted by Gasteiger charge is -2.22. The van der Waals surface area contributed by atoms with Gasteiger partial charge in [-0.3, -0.25) is 4.98 Å². The van der Waals surface area contributed by atoms with Gasteiger partial charge in [-0.2, -0.15) is 0 Å². The minimum atomic E-state index is -0.458. The van der Waals surface area contributed by atoms with E-state index in [9.17, 15) is 9.18 Å². The van der Waals surface area contributed by atoms with Crippen LogP contribution in [0.15, 0.2) is 18.5 Å². The van der Waals surface area contributed by atoms with Gasteiger partial charge in [0, 0.05) is 12.1 Å². The predicted octanol–water partition coefficient (Wildman–Crippen LogP) is 2.67. The molecule has 5 heteroatoms. The van der Waals surface area contributed by atoms with Crippen molar-refractivity contribution in [1.29, 1.82) is 0 Å². The molecule has 2 N–H and O–H groups in total. The molecule has 0 saturated heterocycles. The maximum atomic E-state index is 12.8. The fourth-order valence-corrected chi connectivity index (χ4v) is 2.08. The molecule has 1 fully saturated rings. The summed E-state index contributed by atoms with van der Waals surface area (Å²) in [4.78, 5) is 15.3. The van der Waals surface area contributed by atoms with Crippen LogP contribution in [0.3, 0.4) is 0 Å². The van der Waals surface area contributed by atoms with Crippen LogP contribution in [0.4, 0.5) is 14.9 Å². The van der Waals surface area contributed by atoms with Gasteiger partial charge in [0.15, 0.2) is 0 Å². The predicted molar refractivity (Wildman–Crippen MR) is 63.2 cm³/mol. The number of carbonyl (C=O) groups is 1. The number of pyridine rings is 1. The molecule has 1 heterocycles. The summed E-state index contributed by atoms with van der Waals surface area (Å²) in [6, 6.07) is 1.20. The monoisotopic (exact) mass is 237 g/mol. The van der Waals surface area contributed by atoms with Crippen LogP contribution in [0, 0.1) is 5.82 Å². The second-order valence-electron chi connectivity index (χ2n) is 4.33. The van der Waals surface area contributed by atoms with E-state index in [4.69, 9.17) is 0 Å². The Morgan fingerprint density at radius 1 is 1.29 bits per heavy atom. The van der Waals surface area contributed by atoms with Gasteiger partial charge in [0.05, 0.1) is 18.1 Å². The third-order valence-electron chi connectivity index (χ3n) is 2.90. The van der Waals surface area contributed by atoms with E-state index in [0.717, 1.165) is 31.9 Å². The Hall–Kier alpha value is -1.65. The Morgan fingerprint density at radius 3 is 2.76 bits per heavy atom. The number of anilines is 1. The number of nitrogens with one attached hydrogen (secondary N) is 2. The number of hydrogen-bond acceptors (Lipinski definition) is 2. The highest BCUT2D eigenvalue weighted by Gasteiger charge is 2.15. The van der Waals surface area contributed by atoms with E-state index in [2.05, 4.69) is 15.6 Å². The van der Waals surface area contributed by atoms with Gasteiger partial charge in [-0.15, -0.1) is 0 Å². The molecule has 1 saturated carbocycles. The third kappa shape index (κ3) is 3.69. The van der Waals surface area contributed by atoms with Crippen LogP contribution in [0.2, 0.25) is 0 Å². The molecular weight excluding hydrogens is 221 g/mol. The number of hydrogen-bond donors (Lipinski definition) is 2. The lowest BCUT2D eigenvalue weighted by atomic mass is 9.96. The summed E-state index contributed by atoms with van der Waals surface area (Å²) in [5, 5.41) is 5.46. The average Bonchev–Trinajstić information content (AvgIpc) is 2.30. The van der Waals surface area contributed by atoms with Crippen molar-refractivity contribution in [2.45, 2.75) is 38.1 Å². The van der Waals surface area contributed by atoms with Crippen molar-refractivity contribution in [1.82, 2.24) is 10.3 Å². The van der Waals surface area contributed by atoms with Crippen LogP contribution < -0.4 is 10.6 Å². The fraction of sp³-hybridized carbons (Fsp3) is 0.500. The molecule has 1 aliphatic carbocycles. The molecule has 0 bridgehead atoms. The maximum Gasteiger partial charge on any atom is 0.319 e. The van der Waals surface area contributed by atoms with Crippen molar-refractivity contribution in [3.05, 3.63) is 24.3 Å². The first kappa shape index (κ1) is 11.8. The molecule has 2 rings (SSSR count). The smallest absolute Gasteiger partial charge is 0.319 e. The van der Waals surface area contributed by atoms with Gasteiger partial charge in [0.2, 0.25) is 0 Å². The average molecular weight is 237 g/mol. The summed E-state index contributed by atoms with van der Waals surface area (Å²) in [5.74, 6) is -0.458. The first-order valence-electron chi connectivity index (χ1n) is 5.92. The molecule has 0 atom stereocenters. The molecule has 2 amide bonds. The molecule has 4 nitrogen and oxygen atoms in total. The lowest BCUT2D eigenvalue weighted by Crippen LogP contribution is -2.39. The largest absolute Gasteiger partial charge is 0.335 e. The van der Waals surface area contributed by atoms with E-state index in [-0.39, 0.29) is 12.1 Å². The zero-order valence-electron chi connectivity index (χ0n) is 9.58. The molecule has 0 aromatic carbocycles. The lowest BCUT2D eigenvalue weighted by molar-refractivity contribution is 0.244. The quantitative estimate of drug-likeness (QED) is 0.830. The molecule has 0 aliphatic heterocycles. The van der Waals surface area contributed by atoms with E-state index in [0.29, 0.717) is 5.69 Å². The molecule has 1 aromatic rings. The summed E-state index contributed by atoms with van der Waals surface area (Å²) >= 11 is 0. The summed E-state index contributed by atoms with van der Waals surface area (Å²) in [7, 11) is 0. The van der Waals surface area contributed by atoms with Crippen LogP contribution >= 0.6 is 0 Å². The second kappa shape index (κ2) is 5.61. The Kier molecular flexibility index (Phi) is 3.90. The van der Waals surface area contributed by atoms with Crippen LogP contribution in [0.5, 0.6) is 0 Å². The molecule has 1 aromatic heterocycles. The van der Waals surface area contributed by atoms with Crippen LogP contribution in [0.1, 0.15) is 32.1 Å². The molecular formula is C12H16FN3O. The molecule has 0 radical (unpaired) electrons. The summed E-state index contributed by atoms with van der Waals surface area (Å²) in [6.45, 7) is 0. The normalized spacial score (nSPS) is 16.5. The van der Waals surface area contributed by atoms with Gasteiger partial charge in [0.1, 0.15) is 5.82 Å². The Labute approximate surface area is 99.6 Å². The van der Waals surface area contributed by atoms with E-state index < -0.39 is 5.82 Å². The zero-order valence-corrected chi connectivity index (χ0v) is 9.58. The van der Waals surface area contributed by atoms with E-state index in [1.807, 2.05) is 0 Å². The van der Waals surface area contributed by atoms with Crippen molar-refractivity contribution in [2.24, 2.45) is 0 Å². The Morgan fingerprint density at radius 2 is 2.06 bits per heavy atom.